The molecule has 0 saturated carbocycles. The van der Waals surface area contributed by atoms with E-state index in [1.165, 1.54) is 0 Å². The number of carbonyl (C=O) groups is 1. The number of ether oxygens (including phenoxy) is 1. The van der Waals surface area contributed by atoms with E-state index in [1.807, 2.05) is 20.9 Å². The molecule has 9 heteroatoms. The summed E-state index contributed by atoms with van der Waals surface area (Å²) in [7, 11) is 1.82. The summed E-state index contributed by atoms with van der Waals surface area (Å²) < 4.78 is 9.35. The molecule has 0 bridgehead atoms. The van der Waals surface area contributed by atoms with Gasteiger partial charge in [0.15, 0.2) is 0 Å². The minimum Gasteiger partial charge on any atom is -0.439 e. The third-order valence-corrected chi connectivity index (χ3v) is 4.64. The average molecular weight is 403 g/mol. The van der Waals surface area contributed by atoms with Crippen LogP contribution in [-0.4, -0.2) is 35.2 Å². The van der Waals surface area contributed by atoms with Crippen molar-refractivity contribution in [2.75, 3.05) is 5.32 Å². The van der Waals surface area contributed by atoms with E-state index in [9.17, 15) is 4.79 Å². The molecule has 152 valence electrons. The first-order valence-electron chi connectivity index (χ1n) is 9.34. The Morgan fingerprint density at radius 3 is 2.50 bits per heavy atom. The maximum atomic E-state index is 12.6. The number of imidazole rings is 1. The van der Waals surface area contributed by atoms with Crippen molar-refractivity contribution in [2.45, 2.75) is 20.8 Å². The van der Waals surface area contributed by atoms with Gasteiger partial charge in [0.05, 0.1) is 11.3 Å². The quantitative estimate of drug-likeness (QED) is 0.548. The Morgan fingerprint density at radius 2 is 1.87 bits per heavy atom. The summed E-state index contributed by atoms with van der Waals surface area (Å²) in [6, 6.07) is 8.83. The minimum atomic E-state index is -0.192. The van der Waals surface area contributed by atoms with Gasteiger partial charge >= 0.3 is 0 Å². The molecule has 4 aromatic rings. The monoisotopic (exact) mass is 403 g/mol. The third-order valence-electron chi connectivity index (χ3n) is 4.64. The Labute approximate surface area is 173 Å². The summed E-state index contributed by atoms with van der Waals surface area (Å²) in [5, 5.41) is 7.18. The Bertz CT molecular complexity index is 1200. The molecule has 9 nitrogen and oxygen atoms in total. The average Bonchev–Trinajstić information content (AvgIpc) is 3.31. The number of nitrogens with one attached hydrogen (secondary N) is 1. The second kappa shape index (κ2) is 7.78. The van der Waals surface area contributed by atoms with E-state index in [-0.39, 0.29) is 5.91 Å². The lowest BCUT2D eigenvalue weighted by Crippen LogP contribution is -2.14. The normalized spacial score (nSPS) is 10.8. The van der Waals surface area contributed by atoms with Gasteiger partial charge in [-0.3, -0.25) is 14.0 Å². The molecular weight excluding hydrogens is 382 g/mol. The third kappa shape index (κ3) is 3.90. The number of aromatic nitrogens is 6. The van der Waals surface area contributed by atoms with Crippen molar-refractivity contribution in [1.82, 2.24) is 29.3 Å². The molecule has 1 amide bonds. The van der Waals surface area contributed by atoms with E-state index in [0.717, 1.165) is 5.69 Å². The maximum absolute atomic E-state index is 12.6. The van der Waals surface area contributed by atoms with Crippen LogP contribution < -0.4 is 10.1 Å². The van der Waals surface area contributed by atoms with Gasteiger partial charge in [0, 0.05) is 36.9 Å². The van der Waals surface area contributed by atoms with Crippen LogP contribution in [0.4, 0.5) is 5.69 Å². The van der Waals surface area contributed by atoms with Crippen LogP contribution >= 0.6 is 0 Å². The topological polar surface area (TPSA) is 99.8 Å². The van der Waals surface area contributed by atoms with Crippen molar-refractivity contribution in [3.63, 3.8) is 0 Å². The smallest absolute Gasteiger partial charge is 0.259 e. The molecule has 0 unspecified atom stereocenters. The largest absolute Gasteiger partial charge is 0.439 e. The summed E-state index contributed by atoms with van der Waals surface area (Å²) in [6.45, 7) is 5.49. The van der Waals surface area contributed by atoms with Crippen LogP contribution in [0.5, 0.6) is 11.6 Å². The van der Waals surface area contributed by atoms with Gasteiger partial charge in [-0.15, -0.1) is 0 Å². The van der Waals surface area contributed by atoms with Gasteiger partial charge in [0.1, 0.15) is 23.7 Å². The molecule has 4 rings (SSSR count). The lowest BCUT2D eigenvalue weighted by Gasteiger charge is -2.09. The van der Waals surface area contributed by atoms with Crippen molar-refractivity contribution in [1.29, 1.82) is 0 Å². The Morgan fingerprint density at radius 1 is 1.10 bits per heavy atom. The highest BCUT2D eigenvalue weighted by molar-refractivity contribution is 6.05. The molecule has 3 heterocycles. The number of hydrogen-bond acceptors (Lipinski definition) is 6. The summed E-state index contributed by atoms with van der Waals surface area (Å²) in [5.74, 6) is 2.08. The summed E-state index contributed by atoms with van der Waals surface area (Å²) in [4.78, 5) is 25.4. The number of hydrogen-bond donors (Lipinski definition) is 1. The fourth-order valence-electron chi connectivity index (χ4n) is 3.13. The Balaban J connectivity index is 1.49. The molecule has 0 saturated heterocycles. The second-order valence-corrected chi connectivity index (χ2v) is 6.83. The van der Waals surface area contributed by atoms with Gasteiger partial charge in [-0.2, -0.15) is 10.1 Å². The van der Waals surface area contributed by atoms with Gasteiger partial charge in [0.25, 0.3) is 5.91 Å². The number of anilines is 1. The van der Waals surface area contributed by atoms with Crippen molar-refractivity contribution >= 4 is 11.6 Å². The molecule has 0 aliphatic rings. The summed E-state index contributed by atoms with van der Waals surface area (Å²) >= 11 is 0. The van der Waals surface area contributed by atoms with Crippen molar-refractivity contribution in [2.24, 2.45) is 7.05 Å². The number of amides is 1. The highest BCUT2D eigenvalue weighted by Gasteiger charge is 2.17. The molecule has 0 aliphatic heterocycles. The predicted octanol–water partition coefficient (Wildman–Crippen LogP) is 3.37. The fraction of sp³-hybridized carbons (Fsp3) is 0.190. The predicted molar refractivity (Wildman–Crippen MR) is 111 cm³/mol. The summed E-state index contributed by atoms with van der Waals surface area (Å²) in [5.41, 5.74) is 2.76. The van der Waals surface area contributed by atoms with Crippen LogP contribution in [0.2, 0.25) is 0 Å². The molecule has 1 aromatic carbocycles. The number of nitrogens with zero attached hydrogens (tertiary/aromatic N) is 6. The molecule has 0 spiro atoms. The Kier molecular flexibility index (Phi) is 5.01. The van der Waals surface area contributed by atoms with E-state index >= 15 is 0 Å². The van der Waals surface area contributed by atoms with Gasteiger partial charge in [0.2, 0.25) is 5.88 Å². The molecule has 0 fully saturated rings. The van der Waals surface area contributed by atoms with Crippen molar-refractivity contribution in [3.05, 3.63) is 71.8 Å². The van der Waals surface area contributed by atoms with E-state index in [0.29, 0.717) is 40.2 Å². The molecule has 1 N–H and O–H groups in total. The first-order chi connectivity index (χ1) is 14.4. The Hall–Kier alpha value is -4.01. The van der Waals surface area contributed by atoms with Crippen LogP contribution in [0.3, 0.4) is 0 Å². The van der Waals surface area contributed by atoms with E-state index in [4.69, 9.17) is 4.74 Å². The maximum Gasteiger partial charge on any atom is 0.259 e. The lowest BCUT2D eigenvalue weighted by atomic mass is 10.2. The molecule has 0 atom stereocenters. The number of carbonyl (C=O) groups excluding carboxylic acids is 1. The molecular formula is C21H21N7O2. The number of aryl methyl sites for hydroxylation is 3. The second-order valence-electron chi connectivity index (χ2n) is 6.83. The van der Waals surface area contributed by atoms with Gasteiger partial charge < -0.3 is 10.1 Å². The number of benzene rings is 1. The van der Waals surface area contributed by atoms with Crippen molar-refractivity contribution < 1.29 is 9.53 Å². The number of rotatable bonds is 5. The van der Waals surface area contributed by atoms with Gasteiger partial charge in [-0.25, -0.2) is 9.97 Å². The zero-order chi connectivity index (χ0) is 21.3. The van der Waals surface area contributed by atoms with Crippen LogP contribution in [0.15, 0.2) is 49.1 Å². The fourth-order valence-corrected chi connectivity index (χ4v) is 3.13. The van der Waals surface area contributed by atoms with Crippen molar-refractivity contribution in [3.8, 4) is 17.4 Å². The standard InChI is InChI=1S/C21H21N7O2/c1-13-20(14(2)27(4)26-13)21(29)25-16-5-7-17(8-6-16)30-19-11-18(23-15(3)24-19)28-10-9-22-12-28/h5-12H,1-4H3,(H,25,29). The van der Waals surface area contributed by atoms with Gasteiger partial charge in [-0.05, 0) is 45.0 Å². The summed E-state index contributed by atoms with van der Waals surface area (Å²) in [6.07, 6.45) is 5.14. The SMILES string of the molecule is Cc1nc(Oc2ccc(NC(=O)c3c(C)nn(C)c3C)cc2)cc(-n2ccnc2)n1. The zero-order valence-corrected chi connectivity index (χ0v) is 17.1. The molecule has 3 aromatic heterocycles. The van der Waals surface area contributed by atoms with E-state index in [1.54, 1.807) is 65.2 Å². The van der Waals surface area contributed by atoms with Crippen LogP contribution in [-0.2, 0) is 7.05 Å². The van der Waals surface area contributed by atoms with Crippen LogP contribution in [0.25, 0.3) is 5.82 Å². The molecule has 0 radical (unpaired) electrons. The minimum absolute atomic E-state index is 0.192. The lowest BCUT2D eigenvalue weighted by molar-refractivity contribution is 0.102. The first-order valence-corrected chi connectivity index (χ1v) is 9.34. The molecule has 30 heavy (non-hydrogen) atoms. The van der Waals surface area contributed by atoms with E-state index in [2.05, 4.69) is 25.4 Å². The van der Waals surface area contributed by atoms with E-state index < -0.39 is 0 Å². The van der Waals surface area contributed by atoms with Crippen LogP contribution in [0.1, 0.15) is 27.6 Å². The first kappa shape index (κ1) is 19.3. The van der Waals surface area contributed by atoms with Crippen LogP contribution in [0, 0.1) is 20.8 Å². The highest BCUT2D eigenvalue weighted by atomic mass is 16.5. The highest BCUT2D eigenvalue weighted by Crippen LogP contribution is 2.24. The zero-order valence-electron chi connectivity index (χ0n) is 17.1. The molecule has 0 aliphatic carbocycles. The van der Waals surface area contributed by atoms with Gasteiger partial charge in [-0.1, -0.05) is 0 Å².